The monoisotopic (exact) mass is 514 g/mol. The molecule has 0 saturated carbocycles. The zero-order valence-electron chi connectivity index (χ0n) is 18.4. The summed E-state index contributed by atoms with van der Waals surface area (Å²) >= 11 is 6.39. The van der Waals surface area contributed by atoms with Crippen LogP contribution >= 0.6 is 11.6 Å². The quantitative estimate of drug-likeness (QED) is 0.478. The average Bonchev–Trinajstić information content (AvgIpc) is 3.49. The Kier molecular flexibility index (Phi) is 8.84. The average molecular weight is 515 g/mol. The van der Waals surface area contributed by atoms with E-state index < -0.39 is 12.1 Å². The van der Waals surface area contributed by atoms with Crippen LogP contribution in [0.2, 0.25) is 5.02 Å². The highest BCUT2D eigenvalue weighted by molar-refractivity contribution is 6.32. The molecule has 0 bridgehead atoms. The van der Waals surface area contributed by atoms with Crippen molar-refractivity contribution in [1.29, 1.82) is 0 Å². The molecule has 0 amide bonds. The Balaban J connectivity index is 0.000000429. The van der Waals surface area contributed by atoms with Crippen LogP contribution in [0.25, 0.3) is 0 Å². The van der Waals surface area contributed by atoms with E-state index in [9.17, 15) is 13.2 Å². The van der Waals surface area contributed by atoms with Crippen molar-refractivity contribution in [3.63, 3.8) is 0 Å². The second-order valence-electron chi connectivity index (χ2n) is 7.15. The predicted molar refractivity (Wildman–Crippen MR) is 120 cm³/mol. The lowest BCUT2D eigenvalue weighted by Crippen LogP contribution is -2.23. The summed E-state index contributed by atoms with van der Waals surface area (Å²) in [4.78, 5) is 23.6. The molecule has 1 aliphatic rings. The third-order valence-electron chi connectivity index (χ3n) is 4.68. The molecular formula is C21H22ClF3N6O4. The summed E-state index contributed by atoms with van der Waals surface area (Å²) in [5, 5.41) is 16.8. The van der Waals surface area contributed by atoms with Gasteiger partial charge in [-0.05, 0) is 5.56 Å². The summed E-state index contributed by atoms with van der Waals surface area (Å²) in [7, 11) is 1.66. The molecule has 10 nitrogen and oxygen atoms in total. The number of hydroxylamine groups is 1. The molecule has 1 fully saturated rings. The van der Waals surface area contributed by atoms with Gasteiger partial charge in [-0.25, -0.2) is 14.8 Å². The van der Waals surface area contributed by atoms with E-state index in [0.717, 1.165) is 17.7 Å². The number of methoxy groups -OCH3 is 1. The van der Waals surface area contributed by atoms with E-state index in [1.807, 2.05) is 24.4 Å². The Bertz CT molecular complexity index is 1120. The van der Waals surface area contributed by atoms with Gasteiger partial charge in [0.2, 0.25) is 5.95 Å². The lowest BCUT2D eigenvalue weighted by atomic mass is 10.0. The Morgan fingerprint density at radius 2 is 2.03 bits per heavy atom. The minimum atomic E-state index is -5.08. The van der Waals surface area contributed by atoms with E-state index in [4.69, 9.17) is 31.1 Å². The molecule has 1 saturated heterocycles. The number of nitrogens with zero attached hydrogens (tertiary/aromatic N) is 5. The number of halogens is 4. The first kappa shape index (κ1) is 26.2. The second kappa shape index (κ2) is 11.8. The van der Waals surface area contributed by atoms with Gasteiger partial charge >= 0.3 is 12.1 Å². The topological polar surface area (TPSA) is 115 Å². The number of ether oxygens (including phenoxy) is 1. The van der Waals surface area contributed by atoms with Crippen molar-refractivity contribution in [3.8, 4) is 0 Å². The molecule has 1 atom stereocenters. The van der Waals surface area contributed by atoms with Gasteiger partial charge in [0.25, 0.3) is 0 Å². The van der Waals surface area contributed by atoms with Crippen molar-refractivity contribution in [3.05, 3.63) is 59.5 Å². The number of nitrogens with one attached hydrogen (secondary N) is 1. The first-order chi connectivity index (χ1) is 16.7. The number of benzene rings is 1. The second-order valence-corrected chi connectivity index (χ2v) is 7.56. The SMILES string of the molecule is COCCn1cc(Nc2ncc(Cl)c(N3OCCC3c3ccccc3)n2)cn1.O=C(O)C(F)(F)F. The fraction of sp³-hybridized carbons (Fsp3) is 0.333. The summed E-state index contributed by atoms with van der Waals surface area (Å²) in [6.07, 6.45) is 0.937. The normalized spacial score (nSPS) is 15.5. The molecular weight excluding hydrogens is 493 g/mol. The molecule has 2 N–H and O–H groups in total. The van der Waals surface area contributed by atoms with Gasteiger partial charge in [-0.15, -0.1) is 0 Å². The molecule has 1 aliphatic heterocycles. The van der Waals surface area contributed by atoms with Gasteiger partial charge in [-0.3, -0.25) is 9.52 Å². The number of carboxylic acid groups (broad SMARTS) is 1. The van der Waals surface area contributed by atoms with Crippen LogP contribution in [0.5, 0.6) is 0 Å². The number of aliphatic carboxylic acids is 1. The zero-order chi connectivity index (χ0) is 25.4. The molecule has 0 radical (unpaired) electrons. The molecule has 0 spiro atoms. The summed E-state index contributed by atoms with van der Waals surface area (Å²) in [5.74, 6) is -1.79. The largest absolute Gasteiger partial charge is 0.490 e. The van der Waals surface area contributed by atoms with Crippen LogP contribution in [0, 0.1) is 0 Å². The molecule has 1 aromatic carbocycles. The summed E-state index contributed by atoms with van der Waals surface area (Å²) in [6, 6.07) is 10.2. The smallest absolute Gasteiger partial charge is 0.475 e. The van der Waals surface area contributed by atoms with E-state index in [0.29, 0.717) is 36.5 Å². The van der Waals surface area contributed by atoms with Crippen LogP contribution in [0.15, 0.2) is 48.9 Å². The molecule has 0 aliphatic carbocycles. The number of rotatable bonds is 7. The lowest BCUT2D eigenvalue weighted by Gasteiger charge is -2.24. The van der Waals surface area contributed by atoms with Gasteiger partial charge in [0.05, 0.1) is 43.9 Å². The minimum absolute atomic E-state index is 0.0539. The van der Waals surface area contributed by atoms with E-state index in [-0.39, 0.29) is 6.04 Å². The predicted octanol–water partition coefficient (Wildman–Crippen LogP) is 4.23. The molecule has 35 heavy (non-hydrogen) atoms. The molecule has 2 aromatic heterocycles. The van der Waals surface area contributed by atoms with Crippen molar-refractivity contribution in [1.82, 2.24) is 19.7 Å². The lowest BCUT2D eigenvalue weighted by molar-refractivity contribution is -0.192. The Morgan fingerprint density at radius 1 is 1.31 bits per heavy atom. The van der Waals surface area contributed by atoms with E-state index in [1.165, 1.54) is 0 Å². The highest BCUT2D eigenvalue weighted by Crippen LogP contribution is 2.37. The fourth-order valence-corrected chi connectivity index (χ4v) is 3.27. The number of hydrogen-bond donors (Lipinski definition) is 2. The Labute approximate surface area is 203 Å². The Hall–Kier alpha value is -3.42. The van der Waals surface area contributed by atoms with Crippen molar-refractivity contribution in [2.45, 2.75) is 25.2 Å². The summed E-state index contributed by atoms with van der Waals surface area (Å²) < 4.78 is 38.6. The first-order valence-electron chi connectivity index (χ1n) is 10.3. The fourth-order valence-electron chi connectivity index (χ4n) is 3.09. The first-order valence-corrected chi connectivity index (χ1v) is 10.6. The van der Waals surface area contributed by atoms with Gasteiger partial charge in [-0.1, -0.05) is 41.9 Å². The number of aromatic nitrogens is 4. The van der Waals surface area contributed by atoms with Crippen LogP contribution in [0.1, 0.15) is 18.0 Å². The van der Waals surface area contributed by atoms with Crippen LogP contribution < -0.4 is 10.4 Å². The third kappa shape index (κ3) is 7.28. The number of carbonyl (C=O) groups is 1. The van der Waals surface area contributed by atoms with E-state index >= 15 is 0 Å². The van der Waals surface area contributed by atoms with E-state index in [2.05, 4.69) is 32.5 Å². The van der Waals surface area contributed by atoms with Crippen LogP contribution in [0.4, 0.5) is 30.6 Å². The summed E-state index contributed by atoms with van der Waals surface area (Å²) in [5.41, 5.74) is 1.94. The van der Waals surface area contributed by atoms with Crippen molar-refractivity contribution in [2.75, 3.05) is 30.7 Å². The Morgan fingerprint density at radius 3 is 2.69 bits per heavy atom. The van der Waals surface area contributed by atoms with Crippen LogP contribution in [-0.2, 0) is 20.9 Å². The molecule has 14 heteroatoms. The highest BCUT2D eigenvalue weighted by Gasteiger charge is 2.38. The summed E-state index contributed by atoms with van der Waals surface area (Å²) in [6.45, 7) is 1.87. The zero-order valence-corrected chi connectivity index (χ0v) is 19.2. The van der Waals surface area contributed by atoms with Gasteiger partial charge in [-0.2, -0.15) is 23.3 Å². The van der Waals surface area contributed by atoms with Crippen molar-refractivity contribution >= 4 is 35.0 Å². The van der Waals surface area contributed by atoms with Gasteiger partial charge < -0.3 is 15.2 Å². The molecule has 4 rings (SSSR count). The minimum Gasteiger partial charge on any atom is -0.475 e. The standard InChI is InChI=1S/C19H21ClN6O2.C2HF3O2/c1-27-10-8-25-13-15(11-22-25)23-19-21-12-16(20)18(24-19)26-17(7-9-28-26)14-5-3-2-4-6-14;3-2(4,5)1(6)7/h2-6,11-13,17H,7-10H2,1H3,(H,21,23,24);(H,6,7). The van der Waals surface area contributed by atoms with Crippen LogP contribution in [0.3, 0.4) is 0 Å². The molecule has 188 valence electrons. The maximum Gasteiger partial charge on any atom is 0.490 e. The van der Waals surface area contributed by atoms with Crippen LogP contribution in [-0.4, -0.2) is 57.3 Å². The molecule has 1 unspecified atom stereocenters. The molecule has 3 aromatic rings. The van der Waals surface area contributed by atoms with Crippen molar-refractivity contribution in [2.24, 2.45) is 0 Å². The van der Waals surface area contributed by atoms with Gasteiger partial charge in [0, 0.05) is 19.7 Å². The highest BCUT2D eigenvalue weighted by atomic mass is 35.5. The maximum atomic E-state index is 10.6. The number of anilines is 3. The maximum absolute atomic E-state index is 10.6. The van der Waals surface area contributed by atoms with Gasteiger partial charge in [0.1, 0.15) is 5.02 Å². The number of carboxylic acids is 1. The number of hydrogen-bond acceptors (Lipinski definition) is 8. The molecule has 3 heterocycles. The van der Waals surface area contributed by atoms with Crippen molar-refractivity contribution < 1.29 is 32.6 Å². The van der Waals surface area contributed by atoms with Gasteiger partial charge in [0.15, 0.2) is 5.82 Å². The third-order valence-corrected chi connectivity index (χ3v) is 4.95. The van der Waals surface area contributed by atoms with E-state index in [1.54, 1.807) is 29.2 Å². The number of alkyl halides is 3.